The van der Waals surface area contributed by atoms with Gasteiger partial charge in [0.1, 0.15) is 5.82 Å². The first-order valence-electron chi connectivity index (χ1n) is 6.17. The summed E-state index contributed by atoms with van der Waals surface area (Å²) in [7, 11) is 1.78. The monoisotopic (exact) mass is 249 g/mol. The predicted molar refractivity (Wildman–Crippen MR) is 69.7 cm³/mol. The Morgan fingerprint density at radius 1 is 1.44 bits per heavy atom. The van der Waals surface area contributed by atoms with Gasteiger partial charge in [0.25, 0.3) is 5.91 Å². The fourth-order valence-electron chi connectivity index (χ4n) is 2.00. The van der Waals surface area contributed by atoms with E-state index in [0.29, 0.717) is 24.6 Å². The Bertz CT molecular complexity index is 428. The molecule has 0 spiro atoms. The Morgan fingerprint density at radius 3 is 2.83 bits per heavy atom. The third kappa shape index (κ3) is 2.98. The number of nitrogens with zero attached hydrogens (tertiary/aromatic N) is 1. The van der Waals surface area contributed by atoms with Gasteiger partial charge >= 0.3 is 0 Å². The van der Waals surface area contributed by atoms with Crippen LogP contribution in [0.3, 0.4) is 0 Å². The molecular weight excluding hydrogens is 230 g/mol. The second kappa shape index (κ2) is 5.35. The van der Waals surface area contributed by atoms with Crippen LogP contribution in [-0.2, 0) is 4.74 Å². The van der Waals surface area contributed by atoms with Gasteiger partial charge in [0.05, 0.1) is 0 Å². The highest BCUT2D eigenvalue weighted by Crippen LogP contribution is 2.20. The van der Waals surface area contributed by atoms with E-state index in [1.165, 1.54) is 0 Å². The first-order valence-corrected chi connectivity index (χ1v) is 6.17. The van der Waals surface area contributed by atoms with Crippen molar-refractivity contribution < 1.29 is 9.53 Å². The lowest BCUT2D eigenvalue weighted by Crippen LogP contribution is -2.49. The molecule has 1 saturated heterocycles. The van der Waals surface area contributed by atoms with E-state index < -0.39 is 0 Å². The lowest BCUT2D eigenvalue weighted by atomic mass is 9.92. The van der Waals surface area contributed by atoms with Crippen molar-refractivity contribution in [3.05, 3.63) is 23.9 Å². The number of carbonyl (C=O) groups excluding carboxylic acids is 1. The van der Waals surface area contributed by atoms with E-state index in [-0.39, 0.29) is 11.4 Å². The van der Waals surface area contributed by atoms with Gasteiger partial charge in [0, 0.05) is 37.6 Å². The second-order valence-electron chi connectivity index (χ2n) is 4.81. The number of amides is 1. The highest BCUT2D eigenvalue weighted by molar-refractivity contribution is 5.95. The standard InChI is InChI=1S/C13H19N3O2/c1-13(4-7-18-8-5-13)16-12(17)10-3-6-15-11(9-10)14-2/h3,6,9H,4-5,7-8H2,1-2H3,(H,14,15)(H,16,17). The minimum absolute atomic E-state index is 0.0571. The summed E-state index contributed by atoms with van der Waals surface area (Å²) in [6.45, 7) is 3.47. The highest BCUT2D eigenvalue weighted by Gasteiger charge is 2.29. The lowest BCUT2D eigenvalue weighted by Gasteiger charge is -2.34. The number of nitrogens with one attached hydrogen (secondary N) is 2. The Balaban J connectivity index is 2.06. The smallest absolute Gasteiger partial charge is 0.251 e. The van der Waals surface area contributed by atoms with E-state index in [4.69, 9.17) is 4.74 Å². The van der Waals surface area contributed by atoms with Crippen molar-refractivity contribution in [2.45, 2.75) is 25.3 Å². The molecule has 1 aromatic rings. The molecule has 1 fully saturated rings. The summed E-state index contributed by atoms with van der Waals surface area (Å²) >= 11 is 0. The molecule has 0 aliphatic carbocycles. The molecule has 2 rings (SSSR count). The van der Waals surface area contributed by atoms with E-state index in [9.17, 15) is 4.79 Å². The topological polar surface area (TPSA) is 63.2 Å². The summed E-state index contributed by atoms with van der Waals surface area (Å²) in [5.41, 5.74) is 0.459. The van der Waals surface area contributed by atoms with Gasteiger partial charge in [-0.2, -0.15) is 0 Å². The largest absolute Gasteiger partial charge is 0.381 e. The number of rotatable bonds is 3. The summed E-state index contributed by atoms with van der Waals surface area (Å²) in [6, 6.07) is 3.47. The summed E-state index contributed by atoms with van der Waals surface area (Å²) in [4.78, 5) is 16.3. The van der Waals surface area contributed by atoms with Gasteiger partial charge in [0.15, 0.2) is 0 Å². The normalized spacial score (nSPS) is 18.1. The summed E-state index contributed by atoms with van der Waals surface area (Å²) < 4.78 is 5.32. The van der Waals surface area contributed by atoms with Gasteiger partial charge in [-0.25, -0.2) is 4.98 Å². The average molecular weight is 249 g/mol. The Morgan fingerprint density at radius 2 is 2.17 bits per heavy atom. The first-order chi connectivity index (χ1) is 8.63. The van der Waals surface area contributed by atoms with Gasteiger partial charge in [-0.1, -0.05) is 0 Å². The number of hydrogen-bond donors (Lipinski definition) is 2. The molecule has 0 bridgehead atoms. The molecule has 0 radical (unpaired) electrons. The van der Waals surface area contributed by atoms with Crippen molar-refractivity contribution in [3.63, 3.8) is 0 Å². The molecule has 5 nitrogen and oxygen atoms in total. The van der Waals surface area contributed by atoms with Crippen molar-refractivity contribution in [2.24, 2.45) is 0 Å². The van der Waals surface area contributed by atoms with E-state index in [1.54, 1.807) is 25.4 Å². The van der Waals surface area contributed by atoms with Crippen molar-refractivity contribution >= 4 is 11.7 Å². The Kier molecular flexibility index (Phi) is 3.81. The van der Waals surface area contributed by atoms with Crippen LogP contribution >= 0.6 is 0 Å². The molecule has 2 N–H and O–H groups in total. The van der Waals surface area contributed by atoms with Crippen molar-refractivity contribution in [3.8, 4) is 0 Å². The second-order valence-corrected chi connectivity index (χ2v) is 4.81. The van der Waals surface area contributed by atoms with Crippen LogP contribution in [0, 0.1) is 0 Å². The number of hydrogen-bond acceptors (Lipinski definition) is 4. The van der Waals surface area contributed by atoms with Crippen LogP contribution in [-0.4, -0.2) is 36.7 Å². The summed E-state index contributed by atoms with van der Waals surface area (Å²) in [5, 5.41) is 6.01. The average Bonchev–Trinajstić information content (AvgIpc) is 2.39. The number of aromatic nitrogens is 1. The molecule has 0 unspecified atom stereocenters. The van der Waals surface area contributed by atoms with Crippen LogP contribution < -0.4 is 10.6 Å². The molecule has 5 heteroatoms. The molecule has 1 aliphatic heterocycles. The van der Waals surface area contributed by atoms with E-state index in [1.807, 2.05) is 0 Å². The van der Waals surface area contributed by atoms with Crippen LogP contribution in [0.4, 0.5) is 5.82 Å². The van der Waals surface area contributed by atoms with Crippen LogP contribution in [0.1, 0.15) is 30.1 Å². The Hall–Kier alpha value is -1.62. The van der Waals surface area contributed by atoms with Crippen LogP contribution in [0.15, 0.2) is 18.3 Å². The minimum Gasteiger partial charge on any atom is -0.381 e. The van der Waals surface area contributed by atoms with Crippen LogP contribution in [0.2, 0.25) is 0 Å². The summed E-state index contributed by atoms with van der Waals surface area (Å²) in [5.74, 6) is 0.637. The molecule has 1 aromatic heterocycles. The fraction of sp³-hybridized carbons (Fsp3) is 0.538. The van der Waals surface area contributed by atoms with Crippen LogP contribution in [0.5, 0.6) is 0 Å². The zero-order valence-corrected chi connectivity index (χ0v) is 10.8. The Labute approximate surface area is 107 Å². The zero-order chi connectivity index (χ0) is 13.0. The number of anilines is 1. The molecule has 1 aliphatic rings. The number of carbonyl (C=O) groups is 1. The maximum Gasteiger partial charge on any atom is 0.251 e. The minimum atomic E-state index is -0.168. The van der Waals surface area contributed by atoms with Crippen molar-refractivity contribution in [1.82, 2.24) is 10.3 Å². The van der Waals surface area contributed by atoms with E-state index in [2.05, 4.69) is 22.5 Å². The maximum atomic E-state index is 12.2. The molecule has 2 heterocycles. The van der Waals surface area contributed by atoms with E-state index in [0.717, 1.165) is 12.8 Å². The highest BCUT2D eigenvalue weighted by atomic mass is 16.5. The molecule has 0 saturated carbocycles. The van der Waals surface area contributed by atoms with Gasteiger partial charge in [-0.05, 0) is 31.9 Å². The van der Waals surface area contributed by atoms with E-state index >= 15 is 0 Å². The number of pyridine rings is 1. The van der Waals surface area contributed by atoms with Crippen molar-refractivity contribution in [1.29, 1.82) is 0 Å². The maximum absolute atomic E-state index is 12.2. The van der Waals surface area contributed by atoms with Gasteiger partial charge < -0.3 is 15.4 Å². The third-order valence-corrected chi connectivity index (χ3v) is 3.29. The number of ether oxygens (including phenoxy) is 1. The van der Waals surface area contributed by atoms with Gasteiger partial charge in [-0.15, -0.1) is 0 Å². The predicted octanol–water partition coefficient (Wildman–Crippen LogP) is 1.42. The molecule has 98 valence electrons. The molecule has 0 atom stereocenters. The van der Waals surface area contributed by atoms with Gasteiger partial charge in [0.2, 0.25) is 0 Å². The van der Waals surface area contributed by atoms with Crippen LogP contribution in [0.25, 0.3) is 0 Å². The SMILES string of the molecule is CNc1cc(C(=O)NC2(C)CCOCC2)ccn1. The molecule has 0 aromatic carbocycles. The molecular formula is C13H19N3O2. The van der Waals surface area contributed by atoms with Crippen molar-refractivity contribution in [2.75, 3.05) is 25.6 Å². The molecule has 18 heavy (non-hydrogen) atoms. The molecule has 1 amide bonds. The lowest BCUT2D eigenvalue weighted by molar-refractivity contribution is 0.0423. The first kappa shape index (κ1) is 12.8. The fourth-order valence-corrected chi connectivity index (χ4v) is 2.00. The quantitative estimate of drug-likeness (QED) is 0.850. The van der Waals surface area contributed by atoms with Gasteiger partial charge in [-0.3, -0.25) is 4.79 Å². The third-order valence-electron chi connectivity index (χ3n) is 3.29. The summed E-state index contributed by atoms with van der Waals surface area (Å²) in [6.07, 6.45) is 3.33. The zero-order valence-electron chi connectivity index (χ0n) is 10.8.